The summed E-state index contributed by atoms with van der Waals surface area (Å²) in [4.78, 5) is 4.28. The number of nitrogens with one attached hydrogen (secondary N) is 1. The van der Waals surface area contributed by atoms with E-state index in [0.717, 1.165) is 23.6 Å². The standard InChI is InChI=1S/C13H17N3O/c1-2-11-6-7-13(17-11)12(16-14)9-10-5-3-4-8-15-10/h3-8,12,16H,2,9,14H2,1H3. The highest BCUT2D eigenvalue weighted by molar-refractivity contribution is 5.14. The normalized spacial score (nSPS) is 12.6. The molecule has 1 unspecified atom stereocenters. The summed E-state index contributed by atoms with van der Waals surface area (Å²) in [6, 6.07) is 9.76. The molecule has 2 heterocycles. The van der Waals surface area contributed by atoms with Crippen LogP contribution in [0.3, 0.4) is 0 Å². The van der Waals surface area contributed by atoms with Crippen molar-refractivity contribution < 1.29 is 4.42 Å². The molecule has 0 bridgehead atoms. The van der Waals surface area contributed by atoms with Gasteiger partial charge < -0.3 is 4.42 Å². The zero-order valence-electron chi connectivity index (χ0n) is 9.89. The SMILES string of the molecule is CCc1ccc(C(Cc2ccccn2)NN)o1. The van der Waals surface area contributed by atoms with Gasteiger partial charge in [-0.05, 0) is 24.3 Å². The van der Waals surface area contributed by atoms with Crippen LogP contribution in [0.4, 0.5) is 0 Å². The second kappa shape index (κ2) is 5.61. The fraction of sp³-hybridized carbons (Fsp3) is 0.308. The second-order valence-corrected chi connectivity index (χ2v) is 3.90. The third kappa shape index (κ3) is 2.93. The van der Waals surface area contributed by atoms with E-state index < -0.39 is 0 Å². The van der Waals surface area contributed by atoms with Crippen molar-refractivity contribution in [2.75, 3.05) is 0 Å². The molecule has 0 aromatic carbocycles. The zero-order valence-corrected chi connectivity index (χ0v) is 9.89. The highest BCUT2D eigenvalue weighted by Crippen LogP contribution is 2.19. The van der Waals surface area contributed by atoms with E-state index >= 15 is 0 Å². The molecule has 0 fully saturated rings. The second-order valence-electron chi connectivity index (χ2n) is 3.90. The summed E-state index contributed by atoms with van der Waals surface area (Å²) in [5, 5.41) is 0. The summed E-state index contributed by atoms with van der Waals surface area (Å²) in [7, 11) is 0. The number of aromatic nitrogens is 1. The maximum atomic E-state index is 5.69. The summed E-state index contributed by atoms with van der Waals surface area (Å²) in [5.41, 5.74) is 3.76. The van der Waals surface area contributed by atoms with Crippen molar-refractivity contribution in [3.8, 4) is 0 Å². The van der Waals surface area contributed by atoms with Crippen molar-refractivity contribution in [1.82, 2.24) is 10.4 Å². The fourth-order valence-electron chi connectivity index (χ4n) is 1.74. The van der Waals surface area contributed by atoms with Gasteiger partial charge in [-0.3, -0.25) is 10.8 Å². The first kappa shape index (κ1) is 11.8. The van der Waals surface area contributed by atoms with Crippen LogP contribution < -0.4 is 11.3 Å². The van der Waals surface area contributed by atoms with E-state index in [2.05, 4.69) is 17.3 Å². The van der Waals surface area contributed by atoms with E-state index in [-0.39, 0.29) is 6.04 Å². The Kier molecular flexibility index (Phi) is 3.90. The number of rotatable bonds is 5. The highest BCUT2D eigenvalue weighted by Gasteiger charge is 2.14. The molecule has 0 spiro atoms. The van der Waals surface area contributed by atoms with Gasteiger partial charge in [-0.2, -0.15) is 0 Å². The largest absolute Gasteiger partial charge is 0.464 e. The van der Waals surface area contributed by atoms with Gasteiger partial charge in [0.15, 0.2) is 0 Å². The van der Waals surface area contributed by atoms with E-state index in [0.29, 0.717) is 6.42 Å². The molecule has 0 amide bonds. The van der Waals surface area contributed by atoms with Crippen LogP contribution in [-0.2, 0) is 12.8 Å². The monoisotopic (exact) mass is 231 g/mol. The number of hydrazine groups is 1. The van der Waals surface area contributed by atoms with Crippen molar-refractivity contribution in [2.24, 2.45) is 5.84 Å². The van der Waals surface area contributed by atoms with Crippen molar-refractivity contribution in [3.05, 3.63) is 53.7 Å². The zero-order chi connectivity index (χ0) is 12.1. The summed E-state index contributed by atoms with van der Waals surface area (Å²) >= 11 is 0. The lowest BCUT2D eigenvalue weighted by molar-refractivity contribution is 0.394. The number of aryl methyl sites for hydroxylation is 1. The maximum absolute atomic E-state index is 5.69. The quantitative estimate of drug-likeness (QED) is 0.610. The van der Waals surface area contributed by atoms with Crippen LogP contribution in [0.1, 0.15) is 30.2 Å². The topological polar surface area (TPSA) is 64.1 Å². The molecule has 3 N–H and O–H groups in total. The molecular weight excluding hydrogens is 214 g/mol. The van der Waals surface area contributed by atoms with Crippen LogP contribution in [0.2, 0.25) is 0 Å². The third-order valence-electron chi connectivity index (χ3n) is 2.71. The van der Waals surface area contributed by atoms with E-state index in [1.165, 1.54) is 0 Å². The minimum absolute atomic E-state index is 0.0369. The Labute approximate surface area is 101 Å². The molecule has 90 valence electrons. The predicted molar refractivity (Wildman–Crippen MR) is 66.1 cm³/mol. The molecule has 4 nitrogen and oxygen atoms in total. The van der Waals surface area contributed by atoms with Crippen molar-refractivity contribution >= 4 is 0 Å². The van der Waals surface area contributed by atoms with Crippen LogP contribution in [0.25, 0.3) is 0 Å². The molecule has 4 heteroatoms. The lowest BCUT2D eigenvalue weighted by atomic mass is 10.1. The smallest absolute Gasteiger partial charge is 0.122 e. The molecule has 17 heavy (non-hydrogen) atoms. The van der Waals surface area contributed by atoms with Gasteiger partial charge in [-0.1, -0.05) is 13.0 Å². The number of hydrogen-bond acceptors (Lipinski definition) is 4. The van der Waals surface area contributed by atoms with Crippen LogP contribution in [-0.4, -0.2) is 4.98 Å². The van der Waals surface area contributed by atoms with Gasteiger partial charge in [0, 0.05) is 24.7 Å². The number of furan rings is 1. The Morgan fingerprint density at radius 2 is 2.24 bits per heavy atom. The van der Waals surface area contributed by atoms with Gasteiger partial charge in [0.05, 0.1) is 6.04 Å². The Balaban J connectivity index is 2.11. The van der Waals surface area contributed by atoms with Gasteiger partial charge in [0.2, 0.25) is 0 Å². The van der Waals surface area contributed by atoms with E-state index in [1.54, 1.807) is 6.20 Å². The minimum atomic E-state index is -0.0369. The first-order chi connectivity index (χ1) is 8.33. The highest BCUT2D eigenvalue weighted by atomic mass is 16.3. The molecule has 0 saturated heterocycles. The van der Waals surface area contributed by atoms with Crippen LogP contribution in [0, 0.1) is 0 Å². The van der Waals surface area contributed by atoms with Crippen molar-refractivity contribution in [2.45, 2.75) is 25.8 Å². The maximum Gasteiger partial charge on any atom is 0.122 e. The van der Waals surface area contributed by atoms with Gasteiger partial charge in [0.25, 0.3) is 0 Å². The average Bonchev–Trinajstić information content (AvgIpc) is 2.86. The van der Waals surface area contributed by atoms with E-state index in [4.69, 9.17) is 10.3 Å². The molecule has 0 aliphatic rings. The fourth-order valence-corrected chi connectivity index (χ4v) is 1.74. The van der Waals surface area contributed by atoms with Crippen molar-refractivity contribution in [1.29, 1.82) is 0 Å². The Morgan fingerprint density at radius 1 is 1.35 bits per heavy atom. The van der Waals surface area contributed by atoms with Gasteiger partial charge in [-0.25, -0.2) is 5.43 Å². The van der Waals surface area contributed by atoms with Crippen LogP contribution in [0.15, 0.2) is 40.9 Å². The average molecular weight is 231 g/mol. The summed E-state index contributed by atoms with van der Waals surface area (Å²) < 4.78 is 5.69. The first-order valence-electron chi connectivity index (χ1n) is 5.78. The van der Waals surface area contributed by atoms with Crippen LogP contribution in [0.5, 0.6) is 0 Å². The van der Waals surface area contributed by atoms with Gasteiger partial charge in [-0.15, -0.1) is 0 Å². The molecule has 0 aliphatic carbocycles. The predicted octanol–water partition coefficient (Wildman–Crippen LogP) is 1.98. The Hall–Kier alpha value is -1.65. The molecule has 0 saturated carbocycles. The summed E-state index contributed by atoms with van der Waals surface area (Å²) in [5.74, 6) is 7.40. The summed E-state index contributed by atoms with van der Waals surface area (Å²) in [6.07, 6.45) is 3.39. The first-order valence-corrected chi connectivity index (χ1v) is 5.78. The number of hydrogen-bond donors (Lipinski definition) is 2. The third-order valence-corrected chi connectivity index (χ3v) is 2.71. The molecule has 0 radical (unpaired) electrons. The molecular formula is C13H17N3O. The Bertz CT molecular complexity index is 453. The molecule has 1 atom stereocenters. The molecule has 2 rings (SSSR count). The van der Waals surface area contributed by atoms with E-state index in [9.17, 15) is 0 Å². The molecule has 2 aromatic heterocycles. The minimum Gasteiger partial charge on any atom is -0.464 e. The number of pyridine rings is 1. The van der Waals surface area contributed by atoms with Gasteiger partial charge in [0.1, 0.15) is 11.5 Å². The lowest BCUT2D eigenvalue weighted by Crippen LogP contribution is -2.29. The Morgan fingerprint density at radius 3 is 2.82 bits per heavy atom. The van der Waals surface area contributed by atoms with Crippen molar-refractivity contribution in [3.63, 3.8) is 0 Å². The lowest BCUT2D eigenvalue weighted by Gasteiger charge is -2.12. The summed E-state index contributed by atoms with van der Waals surface area (Å²) in [6.45, 7) is 2.06. The number of nitrogens with two attached hydrogens (primary N) is 1. The van der Waals surface area contributed by atoms with Gasteiger partial charge >= 0.3 is 0 Å². The van der Waals surface area contributed by atoms with E-state index in [1.807, 2.05) is 30.3 Å². The molecule has 2 aromatic rings. The van der Waals surface area contributed by atoms with Crippen LogP contribution >= 0.6 is 0 Å². The molecule has 0 aliphatic heterocycles. The number of nitrogens with zero attached hydrogens (tertiary/aromatic N) is 1.